The molecule has 0 aromatic carbocycles. The first kappa shape index (κ1) is 24.5. The summed E-state index contributed by atoms with van der Waals surface area (Å²) in [6.45, 7) is 9.02. The highest BCUT2D eigenvalue weighted by molar-refractivity contribution is 7.99. The number of carbonyl (C=O) groups is 1. The van der Waals surface area contributed by atoms with Crippen LogP contribution in [0, 0.1) is 0 Å². The van der Waals surface area contributed by atoms with Crippen LogP contribution in [0.2, 0.25) is 0 Å². The third-order valence-electron chi connectivity index (χ3n) is 6.93. The molecule has 9 heteroatoms. The van der Waals surface area contributed by atoms with Gasteiger partial charge in [-0.1, -0.05) is 24.8 Å². The maximum Gasteiger partial charge on any atom is 0.272 e. The van der Waals surface area contributed by atoms with Crippen LogP contribution >= 0.6 is 11.8 Å². The number of aromatic nitrogens is 4. The zero-order chi connectivity index (χ0) is 24.7. The summed E-state index contributed by atoms with van der Waals surface area (Å²) in [5, 5.41) is 0. The van der Waals surface area contributed by atoms with Crippen LogP contribution in [0.1, 0.15) is 40.3 Å². The van der Waals surface area contributed by atoms with E-state index < -0.39 is 0 Å². The second-order valence-electron chi connectivity index (χ2n) is 9.28. The van der Waals surface area contributed by atoms with Gasteiger partial charge in [-0.05, 0) is 36.1 Å². The van der Waals surface area contributed by atoms with Crippen molar-refractivity contribution in [2.75, 3.05) is 42.6 Å². The lowest BCUT2D eigenvalue weighted by Gasteiger charge is -2.38. The van der Waals surface area contributed by atoms with E-state index in [1.54, 1.807) is 24.5 Å². The lowest BCUT2D eigenvalue weighted by molar-refractivity contribution is 0.0534. The standard InChI is InChI=1S/C27H33N7OS/c1-2-21-3-5-24(30-17-21)27(35)34(23-7-11-32(12-8-23)20-25-28-9-10-29-25)19-22-4-6-26(31-18-22)33-13-15-36-16-14-33/h2-6,9-10,17-18,23H,1,7-8,11-16,19-20H2,(H,28,29). The topological polar surface area (TPSA) is 81.3 Å². The van der Waals surface area contributed by atoms with E-state index in [2.05, 4.69) is 43.5 Å². The molecule has 36 heavy (non-hydrogen) atoms. The number of amides is 1. The van der Waals surface area contributed by atoms with Crippen molar-refractivity contribution >= 4 is 29.6 Å². The molecule has 2 aliphatic heterocycles. The molecule has 1 N–H and O–H groups in total. The van der Waals surface area contributed by atoms with E-state index in [-0.39, 0.29) is 11.9 Å². The van der Waals surface area contributed by atoms with Crippen LogP contribution in [0.25, 0.3) is 6.08 Å². The van der Waals surface area contributed by atoms with Gasteiger partial charge < -0.3 is 14.8 Å². The van der Waals surface area contributed by atoms with E-state index in [1.165, 1.54) is 0 Å². The molecule has 5 heterocycles. The number of hydrogen-bond donors (Lipinski definition) is 1. The van der Waals surface area contributed by atoms with Gasteiger partial charge in [-0.15, -0.1) is 0 Å². The highest BCUT2D eigenvalue weighted by atomic mass is 32.2. The van der Waals surface area contributed by atoms with Crippen molar-refractivity contribution in [3.8, 4) is 0 Å². The maximum atomic E-state index is 13.7. The molecule has 0 radical (unpaired) electrons. The van der Waals surface area contributed by atoms with Crippen molar-refractivity contribution in [3.05, 3.63) is 78.3 Å². The number of carbonyl (C=O) groups excluding carboxylic acids is 1. The average Bonchev–Trinajstić information content (AvgIpc) is 3.46. The molecule has 2 saturated heterocycles. The third kappa shape index (κ3) is 5.96. The SMILES string of the molecule is C=Cc1ccc(C(=O)N(Cc2ccc(N3CCSCC3)nc2)C2CCN(Cc3ncc[nH]3)CC2)nc1. The van der Waals surface area contributed by atoms with Gasteiger partial charge in [0, 0.05) is 75.1 Å². The van der Waals surface area contributed by atoms with E-state index in [0.717, 1.165) is 79.8 Å². The average molecular weight is 504 g/mol. The number of pyridine rings is 2. The van der Waals surface area contributed by atoms with E-state index in [4.69, 9.17) is 4.98 Å². The second kappa shape index (κ2) is 11.7. The van der Waals surface area contributed by atoms with Crippen LogP contribution in [-0.2, 0) is 13.1 Å². The number of nitrogens with zero attached hydrogens (tertiary/aromatic N) is 6. The fourth-order valence-corrected chi connectivity index (χ4v) is 5.74. The molecule has 8 nitrogen and oxygen atoms in total. The summed E-state index contributed by atoms with van der Waals surface area (Å²) in [6.07, 6.45) is 10.8. The van der Waals surface area contributed by atoms with Crippen LogP contribution in [-0.4, -0.2) is 79.4 Å². The summed E-state index contributed by atoms with van der Waals surface area (Å²) in [7, 11) is 0. The molecule has 0 saturated carbocycles. The number of H-pyrrole nitrogens is 1. The van der Waals surface area contributed by atoms with Crippen LogP contribution in [0.4, 0.5) is 5.82 Å². The Hall–Kier alpha value is -3.17. The molecule has 0 atom stereocenters. The minimum Gasteiger partial charge on any atom is -0.355 e. The van der Waals surface area contributed by atoms with Crippen LogP contribution in [0.5, 0.6) is 0 Å². The summed E-state index contributed by atoms with van der Waals surface area (Å²) >= 11 is 1.99. The first-order valence-corrected chi connectivity index (χ1v) is 13.7. The largest absolute Gasteiger partial charge is 0.355 e. The normalized spacial score (nSPS) is 17.2. The number of aromatic amines is 1. The van der Waals surface area contributed by atoms with Crippen molar-refractivity contribution in [2.24, 2.45) is 0 Å². The van der Waals surface area contributed by atoms with Gasteiger partial charge in [0.2, 0.25) is 0 Å². The molecule has 5 rings (SSSR count). The number of imidazole rings is 1. The van der Waals surface area contributed by atoms with Crippen molar-refractivity contribution in [1.82, 2.24) is 29.7 Å². The Kier molecular flexibility index (Phi) is 7.98. The maximum absolute atomic E-state index is 13.7. The van der Waals surface area contributed by atoms with Gasteiger partial charge in [0.15, 0.2) is 0 Å². The minimum absolute atomic E-state index is 0.0350. The number of anilines is 1. The van der Waals surface area contributed by atoms with Crippen LogP contribution in [0.3, 0.4) is 0 Å². The van der Waals surface area contributed by atoms with E-state index in [1.807, 2.05) is 35.1 Å². The summed E-state index contributed by atoms with van der Waals surface area (Å²) in [5.41, 5.74) is 2.41. The van der Waals surface area contributed by atoms with Gasteiger partial charge in [-0.25, -0.2) is 9.97 Å². The predicted octanol–water partition coefficient (Wildman–Crippen LogP) is 3.70. The molecule has 2 fully saturated rings. The Balaban J connectivity index is 1.30. The number of thioether (sulfide) groups is 1. The van der Waals surface area contributed by atoms with Crippen LogP contribution < -0.4 is 4.90 Å². The Morgan fingerprint density at radius 3 is 2.56 bits per heavy atom. The molecule has 0 unspecified atom stereocenters. The van der Waals surface area contributed by atoms with Gasteiger partial charge in [0.25, 0.3) is 5.91 Å². The molecule has 1 amide bonds. The van der Waals surface area contributed by atoms with Gasteiger partial charge in [-0.2, -0.15) is 11.8 Å². The Morgan fingerprint density at radius 1 is 1.08 bits per heavy atom. The molecule has 188 valence electrons. The first-order chi connectivity index (χ1) is 17.7. The lowest BCUT2D eigenvalue weighted by atomic mass is 10.0. The van der Waals surface area contributed by atoms with Crippen molar-refractivity contribution in [2.45, 2.75) is 32.0 Å². The molecular weight excluding hydrogens is 470 g/mol. The van der Waals surface area contributed by atoms with Gasteiger partial charge in [0.05, 0.1) is 6.54 Å². The quantitative estimate of drug-likeness (QED) is 0.502. The highest BCUT2D eigenvalue weighted by Gasteiger charge is 2.30. The summed E-state index contributed by atoms with van der Waals surface area (Å²) in [4.78, 5) is 37.1. The third-order valence-corrected chi connectivity index (χ3v) is 7.87. The summed E-state index contributed by atoms with van der Waals surface area (Å²) in [5.74, 6) is 4.24. The molecule has 3 aromatic rings. The van der Waals surface area contributed by atoms with Gasteiger partial charge >= 0.3 is 0 Å². The summed E-state index contributed by atoms with van der Waals surface area (Å²) in [6, 6.07) is 8.05. The van der Waals surface area contributed by atoms with Crippen molar-refractivity contribution in [1.29, 1.82) is 0 Å². The number of piperidine rings is 1. The van der Waals surface area contributed by atoms with Crippen molar-refractivity contribution in [3.63, 3.8) is 0 Å². The highest BCUT2D eigenvalue weighted by Crippen LogP contribution is 2.23. The van der Waals surface area contributed by atoms with Crippen molar-refractivity contribution < 1.29 is 4.79 Å². The molecule has 2 aliphatic rings. The van der Waals surface area contributed by atoms with Crippen LogP contribution in [0.15, 0.2) is 55.6 Å². The van der Waals surface area contributed by atoms with E-state index in [0.29, 0.717) is 12.2 Å². The monoisotopic (exact) mass is 503 g/mol. The number of nitrogens with one attached hydrogen (secondary N) is 1. The number of hydrogen-bond acceptors (Lipinski definition) is 7. The molecule has 0 bridgehead atoms. The zero-order valence-corrected chi connectivity index (χ0v) is 21.4. The fourth-order valence-electron chi connectivity index (χ4n) is 4.84. The fraction of sp³-hybridized carbons (Fsp3) is 0.407. The van der Waals surface area contributed by atoms with E-state index >= 15 is 0 Å². The van der Waals surface area contributed by atoms with E-state index in [9.17, 15) is 4.79 Å². The second-order valence-corrected chi connectivity index (χ2v) is 10.5. The molecular formula is C27H33N7OS. The lowest BCUT2D eigenvalue weighted by Crippen LogP contribution is -2.47. The summed E-state index contributed by atoms with van der Waals surface area (Å²) < 4.78 is 0. The minimum atomic E-state index is -0.0350. The number of likely N-dealkylation sites (tertiary alicyclic amines) is 1. The Morgan fingerprint density at radius 2 is 1.92 bits per heavy atom. The predicted molar refractivity (Wildman–Crippen MR) is 145 cm³/mol. The first-order valence-electron chi connectivity index (χ1n) is 12.6. The number of rotatable bonds is 8. The van der Waals surface area contributed by atoms with Gasteiger partial charge in [0.1, 0.15) is 17.3 Å². The Labute approximate surface area is 216 Å². The molecule has 3 aromatic heterocycles. The van der Waals surface area contributed by atoms with Gasteiger partial charge in [-0.3, -0.25) is 14.7 Å². The smallest absolute Gasteiger partial charge is 0.272 e. The molecule has 0 spiro atoms. The zero-order valence-electron chi connectivity index (χ0n) is 20.6. The Bertz CT molecular complexity index is 1120. The molecule has 0 aliphatic carbocycles.